The Bertz CT molecular complexity index is 761. The minimum Gasteiger partial charge on any atom is -0.372 e. The van der Waals surface area contributed by atoms with Crippen molar-refractivity contribution in [1.29, 1.82) is 0 Å². The summed E-state index contributed by atoms with van der Waals surface area (Å²) in [4.78, 5) is 23.0. The molecule has 0 aliphatic carbocycles. The molecule has 0 radical (unpaired) electrons. The molecular weight excluding hydrogens is 344 g/mol. The first kappa shape index (κ1) is 18.9. The lowest BCUT2D eigenvalue weighted by Crippen LogP contribution is -2.42. The van der Waals surface area contributed by atoms with Gasteiger partial charge in [-0.25, -0.2) is 0 Å². The molecule has 0 fully saturated rings. The van der Waals surface area contributed by atoms with E-state index in [4.69, 9.17) is 16.3 Å². The molecule has 0 aliphatic rings. The maximum absolute atomic E-state index is 12.5. The molecule has 0 heterocycles. The van der Waals surface area contributed by atoms with Crippen molar-refractivity contribution >= 4 is 23.2 Å². The number of amides is 1. The number of nitro benzene ring substituents is 1. The molecule has 2 aromatic rings. The van der Waals surface area contributed by atoms with Crippen LogP contribution in [-0.4, -0.2) is 24.5 Å². The van der Waals surface area contributed by atoms with E-state index in [1.165, 1.54) is 18.2 Å². The zero-order valence-corrected chi connectivity index (χ0v) is 14.7. The van der Waals surface area contributed by atoms with Crippen molar-refractivity contribution in [2.45, 2.75) is 18.9 Å². The molecule has 1 amide bonds. The molecule has 6 nitrogen and oxygen atoms in total. The Morgan fingerprint density at radius 2 is 1.96 bits per heavy atom. The monoisotopic (exact) mass is 362 g/mol. The van der Waals surface area contributed by atoms with E-state index in [1.807, 2.05) is 37.3 Å². The fourth-order valence-electron chi connectivity index (χ4n) is 2.68. The number of carbonyl (C=O) groups is 1. The van der Waals surface area contributed by atoms with Gasteiger partial charge in [0.15, 0.2) is 0 Å². The number of hydrogen-bond donors (Lipinski definition) is 1. The van der Waals surface area contributed by atoms with Gasteiger partial charge in [0.2, 0.25) is 0 Å². The van der Waals surface area contributed by atoms with E-state index < -0.39 is 16.4 Å². The first-order valence-electron chi connectivity index (χ1n) is 7.76. The summed E-state index contributed by atoms with van der Waals surface area (Å²) in [5, 5.41) is 14.1. The number of methoxy groups -OCH3 is 1. The summed E-state index contributed by atoms with van der Waals surface area (Å²) in [6.07, 6.45) is 0.617. The van der Waals surface area contributed by atoms with Crippen LogP contribution in [-0.2, 0) is 10.3 Å². The van der Waals surface area contributed by atoms with E-state index in [2.05, 4.69) is 5.32 Å². The van der Waals surface area contributed by atoms with Gasteiger partial charge in [0.25, 0.3) is 11.6 Å². The zero-order valence-electron chi connectivity index (χ0n) is 14.0. The third kappa shape index (κ3) is 4.15. The summed E-state index contributed by atoms with van der Waals surface area (Å²) in [6.45, 7) is 2.12. The number of nitrogens with one attached hydrogen (secondary N) is 1. The number of hydrogen-bond acceptors (Lipinski definition) is 4. The second-order valence-corrected chi connectivity index (χ2v) is 5.96. The lowest BCUT2D eigenvalue weighted by atomic mass is 9.90. The minimum absolute atomic E-state index is 0.0772. The number of carbonyl (C=O) groups excluding carboxylic acids is 1. The number of benzene rings is 2. The van der Waals surface area contributed by atoms with Gasteiger partial charge in [-0.15, -0.1) is 0 Å². The predicted molar refractivity (Wildman–Crippen MR) is 95.9 cm³/mol. The van der Waals surface area contributed by atoms with Crippen LogP contribution in [0, 0.1) is 10.1 Å². The van der Waals surface area contributed by atoms with Gasteiger partial charge in [0, 0.05) is 18.2 Å². The predicted octanol–water partition coefficient (Wildman–Crippen LogP) is 3.93. The highest BCUT2D eigenvalue weighted by molar-refractivity contribution is 6.31. The fraction of sp³-hybridized carbons (Fsp3) is 0.278. The Balaban J connectivity index is 2.26. The molecular formula is C18H19ClN2O4. The van der Waals surface area contributed by atoms with Crippen molar-refractivity contribution in [3.05, 3.63) is 74.8 Å². The first-order chi connectivity index (χ1) is 11.9. The van der Waals surface area contributed by atoms with Gasteiger partial charge in [-0.1, -0.05) is 48.9 Å². The summed E-state index contributed by atoms with van der Waals surface area (Å²) in [5.74, 6) is -0.569. The van der Waals surface area contributed by atoms with Gasteiger partial charge in [-0.3, -0.25) is 14.9 Å². The van der Waals surface area contributed by atoms with Crippen molar-refractivity contribution in [3.63, 3.8) is 0 Å². The molecule has 0 spiro atoms. The molecule has 7 heteroatoms. The highest BCUT2D eigenvalue weighted by Gasteiger charge is 2.31. The second kappa shape index (κ2) is 8.09. The highest BCUT2D eigenvalue weighted by Crippen LogP contribution is 2.29. The summed E-state index contributed by atoms with van der Waals surface area (Å²) >= 11 is 5.88. The molecule has 0 aliphatic heterocycles. The summed E-state index contributed by atoms with van der Waals surface area (Å²) in [6, 6.07) is 13.4. The van der Waals surface area contributed by atoms with E-state index in [0.29, 0.717) is 6.42 Å². The molecule has 2 rings (SSSR count). The number of ether oxygens (including phenoxy) is 1. The molecule has 25 heavy (non-hydrogen) atoms. The first-order valence-corrected chi connectivity index (χ1v) is 8.14. The largest absolute Gasteiger partial charge is 0.372 e. The number of halogens is 1. The van der Waals surface area contributed by atoms with Crippen LogP contribution in [0.15, 0.2) is 48.5 Å². The number of rotatable bonds is 7. The molecule has 0 aromatic heterocycles. The standard InChI is InChI=1S/C18H19ClN2O4/c1-3-18(25-2,13-7-5-4-6-8-13)12-20-17(22)15-11-14(19)9-10-16(15)21(23)24/h4-11H,3,12H2,1-2H3,(H,20,22). The quantitative estimate of drug-likeness (QED) is 0.597. The van der Waals surface area contributed by atoms with Crippen LogP contribution < -0.4 is 5.32 Å². The number of nitro groups is 1. The van der Waals surface area contributed by atoms with Crippen LogP contribution in [0.5, 0.6) is 0 Å². The van der Waals surface area contributed by atoms with Gasteiger partial charge in [0.05, 0.1) is 11.5 Å². The van der Waals surface area contributed by atoms with Crippen molar-refractivity contribution in [3.8, 4) is 0 Å². The van der Waals surface area contributed by atoms with Crippen LogP contribution >= 0.6 is 11.6 Å². The highest BCUT2D eigenvalue weighted by atomic mass is 35.5. The van der Waals surface area contributed by atoms with Crippen LogP contribution in [0.2, 0.25) is 5.02 Å². The molecule has 1 N–H and O–H groups in total. The van der Waals surface area contributed by atoms with Crippen molar-refractivity contribution in [1.82, 2.24) is 5.32 Å². The maximum Gasteiger partial charge on any atom is 0.282 e. The minimum atomic E-state index is -0.718. The van der Waals surface area contributed by atoms with E-state index in [-0.39, 0.29) is 22.8 Å². The van der Waals surface area contributed by atoms with E-state index >= 15 is 0 Å². The Hall–Kier alpha value is -2.44. The van der Waals surface area contributed by atoms with Crippen molar-refractivity contribution in [2.24, 2.45) is 0 Å². The number of nitrogens with zero attached hydrogens (tertiary/aromatic N) is 1. The van der Waals surface area contributed by atoms with E-state index in [1.54, 1.807) is 7.11 Å². The van der Waals surface area contributed by atoms with Gasteiger partial charge in [-0.2, -0.15) is 0 Å². The van der Waals surface area contributed by atoms with Crippen molar-refractivity contribution < 1.29 is 14.5 Å². The summed E-state index contributed by atoms with van der Waals surface area (Å²) < 4.78 is 5.69. The normalized spacial score (nSPS) is 13.1. The van der Waals surface area contributed by atoms with Gasteiger partial charge in [-0.05, 0) is 24.1 Å². The topological polar surface area (TPSA) is 81.5 Å². The Morgan fingerprint density at radius 1 is 1.28 bits per heavy atom. The van der Waals surface area contributed by atoms with E-state index in [0.717, 1.165) is 5.56 Å². The fourth-order valence-corrected chi connectivity index (χ4v) is 2.85. The van der Waals surface area contributed by atoms with Crippen LogP contribution in [0.4, 0.5) is 5.69 Å². The Kier molecular flexibility index (Phi) is 6.12. The smallest absolute Gasteiger partial charge is 0.282 e. The van der Waals surface area contributed by atoms with Gasteiger partial charge >= 0.3 is 0 Å². The Labute approximate surface area is 150 Å². The SMILES string of the molecule is CCC(CNC(=O)c1cc(Cl)ccc1[N+](=O)[O-])(OC)c1ccccc1. The van der Waals surface area contributed by atoms with Crippen molar-refractivity contribution in [2.75, 3.05) is 13.7 Å². The van der Waals surface area contributed by atoms with Crippen LogP contribution in [0.1, 0.15) is 29.3 Å². The zero-order chi connectivity index (χ0) is 18.4. The molecule has 1 atom stereocenters. The third-order valence-corrected chi connectivity index (χ3v) is 4.43. The molecule has 0 bridgehead atoms. The molecule has 0 saturated heterocycles. The Morgan fingerprint density at radius 3 is 2.52 bits per heavy atom. The average Bonchev–Trinajstić information content (AvgIpc) is 2.63. The second-order valence-electron chi connectivity index (χ2n) is 5.52. The lowest BCUT2D eigenvalue weighted by molar-refractivity contribution is -0.385. The van der Waals surface area contributed by atoms with E-state index in [9.17, 15) is 14.9 Å². The molecule has 2 aromatic carbocycles. The summed E-state index contributed by atoms with van der Waals surface area (Å²) in [7, 11) is 1.57. The maximum atomic E-state index is 12.5. The summed E-state index contributed by atoms with van der Waals surface area (Å²) in [5.41, 5.74) is -0.168. The third-order valence-electron chi connectivity index (χ3n) is 4.20. The molecule has 0 saturated carbocycles. The van der Waals surface area contributed by atoms with Gasteiger partial charge < -0.3 is 10.1 Å². The van der Waals surface area contributed by atoms with Crippen LogP contribution in [0.25, 0.3) is 0 Å². The molecule has 1 unspecified atom stereocenters. The lowest BCUT2D eigenvalue weighted by Gasteiger charge is -2.32. The average molecular weight is 363 g/mol. The van der Waals surface area contributed by atoms with Gasteiger partial charge in [0.1, 0.15) is 11.2 Å². The van der Waals surface area contributed by atoms with Crippen LogP contribution in [0.3, 0.4) is 0 Å². The molecule has 132 valence electrons.